The van der Waals surface area contributed by atoms with Crippen molar-refractivity contribution >= 4 is 17.5 Å². The molecule has 0 saturated carbocycles. The lowest BCUT2D eigenvalue weighted by Crippen LogP contribution is -2.27. The van der Waals surface area contributed by atoms with E-state index in [0.717, 1.165) is 17.1 Å². The highest BCUT2D eigenvalue weighted by atomic mass is 35.5. The van der Waals surface area contributed by atoms with E-state index < -0.39 is 0 Å². The zero-order valence-corrected chi connectivity index (χ0v) is 14.8. The van der Waals surface area contributed by atoms with E-state index in [1.807, 2.05) is 18.2 Å². The van der Waals surface area contributed by atoms with Crippen LogP contribution in [0.3, 0.4) is 0 Å². The second-order valence-corrected chi connectivity index (χ2v) is 6.22. The van der Waals surface area contributed by atoms with E-state index in [1.165, 1.54) is 0 Å². The SMILES string of the molecule is CN(Cc1ccc2c(c1)OCCO2)C(=O)CCOc1ccc(Cl)cc1. The Balaban J connectivity index is 1.48. The number of hydrogen-bond acceptors (Lipinski definition) is 4. The molecule has 6 heteroatoms. The molecule has 0 fully saturated rings. The summed E-state index contributed by atoms with van der Waals surface area (Å²) in [5.74, 6) is 2.20. The molecule has 0 unspecified atom stereocenters. The summed E-state index contributed by atoms with van der Waals surface area (Å²) in [5, 5.41) is 0.655. The number of benzene rings is 2. The Morgan fingerprint density at radius 1 is 1.12 bits per heavy atom. The minimum Gasteiger partial charge on any atom is -0.493 e. The summed E-state index contributed by atoms with van der Waals surface area (Å²) < 4.78 is 16.6. The van der Waals surface area contributed by atoms with Gasteiger partial charge in [0.15, 0.2) is 11.5 Å². The van der Waals surface area contributed by atoms with Crippen molar-refractivity contribution in [3.05, 3.63) is 53.1 Å². The summed E-state index contributed by atoms with van der Waals surface area (Å²) >= 11 is 5.83. The number of carbonyl (C=O) groups excluding carboxylic acids is 1. The van der Waals surface area contributed by atoms with Crippen LogP contribution >= 0.6 is 11.6 Å². The molecule has 0 radical (unpaired) electrons. The van der Waals surface area contributed by atoms with Gasteiger partial charge in [0.05, 0.1) is 13.0 Å². The molecular formula is C19H20ClNO4. The van der Waals surface area contributed by atoms with Gasteiger partial charge in [-0.25, -0.2) is 0 Å². The standard InChI is InChI=1S/C19H20ClNO4/c1-21(13-14-2-7-17-18(12-14)25-11-10-24-17)19(22)8-9-23-16-5-3-15(20)4-6-16/h2-7,12H,8-11,13H2,1H3. The van der Waals surface area contributed by atoms with Gasteiger partial charge in [0.25, 0.3) is 0 Å². The molecule has 0 bridgehead atoms. The smallest absolute Gasteiger partial charge is 0.226 e. The molecule has 0 aliphatic carbocycles. The molecule has 0 saturated heterocycles. The number of ether oxygens (including phenoxy) is 3. The number of nitrogens with zero attached hydrogens (tertiary/aromatic N) is 1. The zero-order valence-electron chi connectivity index (χ0n) is 14.0. The Kier molecular flexibility index (Phi) is 5.66. The summed E-state index contributed by atoms with van der Waals surface area (Å²) in [5.41, 5.74) is 0.999. The molecular weight excluding hydrogens is 342 g/mol. The molecule has 0 spiro atoms. The molecule has 0 aromatic heterocycles. The molecule has 0 atom stereocenters. The quantitative estimate of drug-likeness (QED) is 0.789. The van der Waals surface area contributed by atoms with Crippen LogP contribution in [0.1, 0.15) is 12.0 Å². The maximum absolute atomic E-state index is 12.2. The van der Waals surface area contributed by atoms with Crippen molar-refractivity contribution in [1.82, 2.24) is 4.90 Å². The van der Waals surface area contributed by atoms with E-state index in [-0.39, 0.29) is 5.91 Å². The first-order valence-corrected chi connectivity index (χ1v) is 8.50. The first kappa shape index (κ1) is 17.4. The van der Waals surface area contributed by atoms with Crippen LogP contribution in [0.2, 0.25) is 5.02 Å². The first-order valence-electron chi connectivity index (χ1n) is 8.13. The van der Waals surface area contributed by atoms with Gasteiger partial charge in [-0.15, -0.1) is 0 Å². The second-order valence-electron chi connectivity index (χ2n) is 5.78. The molecule has 132 valence electrons. The summed E-state index contributed by atoms with van der Waals surface area (Å²) in [4.78, 5) is 13.9. The molecule has 0 N–H and O–H groups in total. The maximum Gasteiger partial charge on any atom is 0.226 e. The van der Waals surface area contributed by atoms with Crippen LogP contribution in [0.4, 0.5) is 0 Å². The van der Waals surface area contributed by atoms with E-state index in [0.29, 0.717) is 43.6 Å². The zero-order chi connectivity index (χ0) is 17.6. The van der Waals surface area contributed by atoms with E-state index in [4.69, 9.17) is 25.8 Å². The monoisotopic (exact) mass is 361 g/mol. The van der Waals surface area contributed by atoms with Crippen molar-refractivity contribution in [3.63, 3.8) is 0 Å². The van der Waals surface area contributed by atoms with Crippen LogP contribution in [0.5, 0.6) is 17.2 Å². The number of rotatable bonds is 6. The van der Waals surface area contributed by atoms with Crippen molar-refractivity contribution in [2.45, 2.75) is 13.0 Å². The minimum absolute atomic E-state index is 0.0175. The van der Waals surface area contributed by atoms with Crippen LogP contribution in [-0.4, -0.2) is 37.7 Å². The number of hydrogen-bond donors (Lipinski definition) is 0. The first-order chi connectivity index (χ1) is 12.1. The van der Waals surface area contributed by atoms with Gasteiger partial charge in [-0.1, -0.05) is 17.7 Å². The fourth-order valence-electron chi connectivity index (χ4n) is 2.53. The van der Waals surface area contributed by atoms with Crippen LogP contribution in [-0.2, 0) is 11.3 Å². The summed E-state index contributed by atoms with van der Waals surface area (Å²) in [6.45, 7) is 1.95. The Bertz CT molecular complexity index is 733. The van der Waals surface area contributed by atoms with Gasteiger partial charge in [0.2, 0.25) is 5.91 Å². The van der Waals surface area contributed by atoms with Gasteiger partial charge in [0, 0.05) is 18.6 Å². The molecule has 3 rings (SSSR count). The fourth-order valence-corrected chi connectivity index (χ4v) is 2.65. The van der Waals surface area contributed by atoms with Crippen LogP contribution in [0.25, 0.3) is 0 Å². The third kappa shape index (κ3) is 4.79. The topological polar surface area (TPSA) is 48.0 Å². The van der Waals surface area contributed by atoms with Crippen LogP contribution in [0, 0.1) is 0 Å². The second kappa shape index (κ2) is 8.12. The van der Waals surface area contributed by atoms with E-state index >= 15 is 0 Å². The van der Waals surface area contributed by atoms with Gasteiger partial charge in [-0.3, -0.25) is 4.79 Å². The molecule has 2 aromatic carbocycles. The average molecular weight is 362 g/mol. The van der Waals surface area contributed by atoms with Crippen molar-refractivity contribution in [2.75, 3.05) is 26.9 Å². The van der Waals surface area contributed by atoms with Gasteiger partial charge in [0.1, 0.15) is 19.0 Å². The summed E-state index contributed by atoms with van der Waals surface area (Å²) in [6, 6.07) is 12.8. The third-order valence-electron chi connectivity index (χ3n) is 3.85. The highest BCUT2D eigenvalue weighted by Gasteiger charge is 2.14. The molecule has 1 aliphatic heterocycles. The molecule has 1 heterocycles. The number of carbonyl (C=O) groups is 1. The number of amides is 1. The Hall–Kier alpha value is -2.40. The Labute approximate surface area is 152 Å². The Morgan fingerprint density at radius 3 is 2.60 bits per heavy atom. The minimum atomic E-state index is 0.0175. The van der Waals surface area contributed by atoms with Crippen molar-refractivity contribution in [2.24, 2.45) is 0 Å². The highest BCUT2D eigenvalue weighted by molar-refractivity contribution is 6.30. The van der Waals surface area contributed by atoms with Crippen molar-refractivity contribution < 1.29 is 19.0 Å². The maximum atomic E-state index is 12.2. The van der Waals surface area contributed by atoms with E-state index in [9.17, 15) is 4.79 Å². The normalized spacial score (nSPS) is 12.6. The lowest BCUT2D eigenvalue weighted by atomic mass is 10.2. The average Bonchev–Trinajstić information content (AvgIpc) is 2.63. The molecule has 5 nitrogen and oxygen atoms in total. The molecule has 25 heavy (non-hydrogen) atoms. The predicted octanol–water partition coefficient (Wildman–Crippen LogP) is 3.54. The summed E-state index contributed by atoms with van der Waals surface area (Å²) in [6.07, 6.45) is 0.309. The van der Waals surface area contributed by atoms with Crippen molar-refractivity contribution in [3.8, 4) is 17.2 Å². The largest absolute Gasteiger partial charge is 0.493 e. The lowest BCUT2D eigenvalue weighted by molar-refractivity contribution is -0.130. The Morgan fingerprint density at radius 2 is 1.84 bits per heavy atom. The van der Waals surface area contributed by atoms with Crippen LogP contribution < -0.4 is 14.2 Å². The highest BCUT2D eigenvalue weighted by Crippen LogP contribution is 2.31. The van der Waals surface area contributed by atoms with Crippen LogP contribution in [0.15, 0.2) is 42.5 Å². The van der Waals surface area contributed by atoms with Gasteiger partial charge in [-0.05, 0) is 42.0 Å². The third-order valence-corrected chi connectivity index (χ3v) is 4.10. The molecule has 1 aliphatic rings. The van der Waals surface area contributed by atoms with E-state index in [2.05, 4.69) is 0 Å². The van der Waals surface area contributed by atoms with Crippen molar-refractivity contribution in [1.29, 1.82) is 0 Å². The summed E-state index contributed by atoms with van der Waals surface area (Å²) in [7, 11) is 1.78. The number of fused-ring (bicyclic) bond motifs is 1. The van der Waals surface area contributed by atoms with Gasteiger partial charge in [-0.2, -0.15) is 0 Å². The predicted molar refractivity (Wildman–Crippen MR) is 95.5 cm³/mol. The molecule has 1 amide bonds. The van der Waals surface area contributed by atoms with Gasteiger partial charge < -0.3 is 19.1 Å². The lowest BCUT2D eigenvalue weighted by Gasteiger charge is -2.21. The van der Waals surface area contributed by atoms with E-state index in [1.54, 1.807) is 36.2 Å². The molecule has 2 aromatic rings. The fraction of sp³-hybridized carbons (Fsp3) is 0.316. The van der Waals surface area contributed by atoms with Gasteiger partial charge >= 0.3 is 0 Å². The number of halogens is 1.